The molecule has 0 atom stereocenters. The molecule has 3 aromatic rings. The third-order valence-corrected chi connectivity index (χ3v) is 5.38. The largest absolute Gasteiger partial charge is 0.394 e. The lowest BCUT2D eigenvalue weighted by Crippen LogP contribution is -2.34. The monoisotopic (exact) mass is 444 g/mol. The van der Waals surface area contributed by atoms with Crippen molar-refractivity contribution in [1.29, 1.82) is 0 Å². The standard InChI is InChI=1S/C24H27F3N4O/c1-15-7-9-16(10-8-15)17-11-18(20(32)14-23(5,6)24(25,26)27)13-19(12-17)31-21(22(2,3)4)28-29-30-31/h7-13H,14H2,1-6H3. The Bertz CT molecular complexity index is 1120. The first kappa shape index (κ1) is 23.6. The number of aromatic nitrogens is 4. The molecule has 1 aromatic heterocycles. The fourth-order valence-corrected chi connectivity index (χ4v) is 3.24. The van der Waals surface area contributed by atoms with E-state index in [0.717, 1.165) is 25.0 Å². The number of nitrogens with zero attached hydrogens (tertiary/aromatic N) is 4. The van der Waals surface area contributed by atoms with Gasteiger partial charge in [-0.3, -0.25) is 4.79 Å². The van der Waals surface area contributed by atoms with Crippen LogP contribution in [0.3, 0.4) is 0 Å². The lowest BCUT2D eigenvalue weighted by Gasteiger charge is -2.27. The number of benzene rings is 2. The number of Topliss-reactive ketones (excluding diaryl/α,β-unsaturated/α-hetero) is 1. The van der Waals surface area contributed by atoms with Crippen LogP contribution in [0, 0.1) is 12.3 Å². The van der Waals surface area contributed by atoms with Gasteiger partial charge in [-0.15, -0.1) is 5.10 Å². The second-order valence-electron chi connectivity index (χ2n) is 9.78. The molecule has 0 amide bonds. The molecule has 8 heteroatoms. The van der Waals surface area contributed by atoms with Gasteiger partial charge in [-0.1, -0.05) is 64.4 Å². The van der Waals surface area contributed by atoms with Crippen molar-refractivity contribution in [1.82, 2.24) is 20.2 Å². The summed E-state index contributed by atoms with van der Waals surface area (Å²) in [5.74, 6) is -0.0134. The topological polar surface area (TPSA) is 60.7 Å². The predicted molar refractivity (Wildman–Crippen MR) is 117 cm³/mol. The van der Waals surface area contributed by atoms with Crippen molar-refractivity contribution in [3.05, 3.63) is 59.4 Å². The highest BCUT2D eigenvalue weighted by Crippen LogP contribution is 2.41. The zero-order valence-corrected chi connectivity index (χ0v) is 19.1. The summed E-state index contributed by atoms with van der Waals surface area (Å²) in [4.78, 5) is 13.0. The van der Waals surface area contributed by atoms with Crippen molar-refractivity contribution in [2.75, 3.05) is 0 Å². The quantitative estimate of drug-likeness (QED) is 0.447. The molecule has 0 saturated heterocycles. The van der Waals surface area contributed by atoms with E-state index >= 15 is 0 Å². The number of rotatable bonds is 5. The van der Waals surface area contributed by atoms with Gasteiger partial charge in [0.1, 0.15) is 0 Å². The third-order valence-electron chi connectivity index (χ3n) is 5.38. The number of hydrogen-bond acceptors (Lipinski definition) is 4. The molecule has 0 bridgehead atoms. The molecule has 0 aliphatic heterocycles. The molecule has 170 valence electrons. The second-order valence-corrected chi connectivity index (χ2v) is 9.78. The minimum atomic E-state index is -4.49. The van der Waals surface area contributed by atoms with Gasteiger partial charge in [-0.2, -0.15) is 17.9 Å². The van der Waals surface area contributed by atoms with Gasteiger partial charge in [0.05, 0.1) is 11.1 Å². The van der Waals surface area contributed by atoms with Gasteiger partial charge in [-0.05, 0) is 46.7 Å². The maximum atomic E-state index is 13.4. The van der Waals surface area contributed by atoms with E-state index in [1.807, 2.05) is 58.0 Å². The van der Waals surface area contributed by atoms with Crippen molar-refractivity contribution in [2.45, 2.75) is 59.6 Å². The van der Waals surface area contributed by atoms with E-state index in [-0.39, 0.29) is 11.0 Å². The lowest BCUT2D eigenvalue weighted by atomic mass is 9.84. The van der Waals surface area contributed by atoms with Gasteiger partial charge in [-0.25, -0.2) is 0 Å². The lowest BCUT2D eigenvalue weighted by molar-refractivity contribution is -0.209. The van der Waals surface area contributed by atoms with E-state index in [0.29, 0.717) is 17.1 Å². The summed E-state index contributed by atoms with van der Waals surface area (Å²) in [6.45, 7) is 9.90. The van der Waals surface area contributed by atoms with Crippen LogP contribution in [0.5, 0.6) is 0 Å². The fraction of sp³-hybridized carbons (Fsp3) is 0.417. The number of alkyl halides is 3. The summed E-state index contributed by atoms with van der Waals surface area (Å²) in [6.07, 6.45) is -5.15. The van der Waals surface area contributed by atoms with E-state index in [2.05, 4.69) is 15.5 Å². The predicted octanol–water partition coefficient (Wildman–Crippen LogP) is 6.10. The summed E-state index contributed by atoms with van der Waals surface area (Å²) < 4.78 is 41.7. The number of hydrogen-bond donors (Lipinski definition) is 0. The number of ketones is 1. The zero-order chi connectivity index (χ0) is 23.9. The Balaban J connectivity index is 2.15. The van der Waals surface area contributed by atoms with E-state index in [1.165, 1.54) is 4.68 Å². The average Bonchev–Trinajstić information content (AvgIpc) is 3.17. The second kappa shape index (κ2) is 8.15. The average molecular weight is 445 g/mol. The van der Waals surface area contributed by atoms with Gasteiger partial charge >= 0.3 is 6.18 Å². The number of carbonyl (C=O) groups excluding carboxylic acids is 1. The number of carbonyl (C=O) groups is 1. The summed E-state index contributed by atoms with van der Waals surface area (Å²) in [7, 11) is 0. The molecule has 0 radical (unpaired) electrons. The van der Waals surface area contributed by atoms with Crippen LogP contribution >= 0.6 is 0 Å². The molecule has 32 heavy (non-hydrogen) atoms. The van der Waals surface area contributed by atoms with Crippen LogP contribution in [0.4, 0.5) is 13.2 Å². The first-order chi connectivity index (χ1) is 14.7. The molecular weight excluding hydrogens is 417 g/mol. The Kier molecular flexibility index (Phi) is 6.02. The van der Waals surface area contributed by atoms with Crippen LogP contribution in [-0.2, 0) is 5.41 Å². The van der Waals surface area contributed by atoms with Gasteiger partial charge in [0.25, 0.3) is 0 Å². The molecular formula is C24H27F3N4O. The Labute approximate surface area is 185 Å². The Morgan fingerprint density at radius 2 is 1.56 bits per heavy atom. The van der Waals surface area contributed by atoms with Crippen LogP contribution in [-0.4, -0.2) is 32.2 Å². The number of tetrazole rings is 1. The first-order valence-corrected chi connectivity index (χ1v) is 10.3. The fourth-order valence-electron chi connectivity index (χ4n) is 3.24. The van der Waals surface area contributed by atoms with Crippen LogP contribution < -0.4 is 0 Å². The molecule has 1 heterocycles. The molecule has 0 spiro atoms. The molecule has 0 unspecified atom stereocenters. The smallest absolute Gasteiger partial charge is 0.294 e. The van der Waals surface area contributed by atoms with Gasteiger partial charge in [0, 0.05) is 17.4 Å². The minimum absolute atomic E-state index is 0.186. The Morgan fingerprint density at radius 1 is 0.938 bits per heavy atom. The third kappa shape index (κ3) is 4.89. The molecule has 5 nitrogen and oxygen atoms in total. The normalized spacial score (nSPS) is 12.8. The summed E-state index contributed by atoms with van der Waals surface area (Å²) in [5.41, 5.74) is 0.792. The SMILES string of the molecule is Cc1ccc(-c2cc(C(=O)CC(C)(C)C(F)(F)F)cc(-n3nnnc3C(C)(C)C)c2)cc1. The van der Waals surface area contributed by atoms with E-state index < -0.39 is 23.8 Å². The van der Waals surface area contributed by atoms with E-state index in [1.54, 1.807) is 12.1 Å². The van der Waals surface area contributed by atoms with Crippen LogP contribution in [0.15, 0.2) is 42.5 Å². The van der Waals surface area contributed by atoms with Gasteiger partial charge in [0.2, 0.25) is 0 Å². The van der Waals surface area contributed by atoms with Crippen LogP contribution in [0.25, 0.3) is 16.8 Å². The zero-order valence-electron chi connectivity index (χ0n) is 19.1. The number of aryl methyl sites for hydroxylation is 1. The highest BCUT2D eigenvalue weighted by atomic mass is 19.4. The Morgan fingerprint density at radius 3 is 2.12 bits per heavy atom. The first-order valence-electron chi connectivity index (χ1n) is 10.3. The molecule has 2 aromatic carbocycles. The van der Waals surface area contributed by atoms with Crippen LogP contribution in [0.2, 0.25) is 0 Å². The van der Waals surface area contributed by atoms with Crippen LogP contribution in [0.1, 0.15) is 62.8 Å². The van der Waals surface area contributed by atoms with E-state index in [4.69, 9.17) is 0 Å². The van der Waals surface area contributed by atoms with Crippen molar-refractivity contribution in [3.8, 4) is 16.8 Å². The summed E-state index contributed by atoms with van der Waals surface area (Å²) in [6, 6.07) is 12.7. The van der Waals surface area contributed by atoms with Crippen molar-refractivity contribution >= 4 is 5.78 Å². The maximum absolute atomic E-state index is 13.4. The summed E-state index contributed by atoms with van der Waals surface area (Å²) in [5, 5.41) is 12.0. The summed E-state index contributed by atoms with van der Waals surface area (Å²) >= 11 is 0. The van der Waals surface area contributed by atoms with Gasteiger partial charge < -0.3 is 0 Å². The number of halogens is 3. The van der Waals surface area contributed by atoms with Gasteiger partial charge in [0.15, 0.2) is 11.6 Å². The minimum Gasteiger partial charge on any atom is -0.294 e. The molecule has 0 aliphatic rings. The molecule has 0 fully saturated rings. The van der Waals surface area contributed by atoms with Crippen molar-refractivity contribution < 1.29 is 18.0 Å². The van der Waals surface area contributed by atoms with Crippen molar-refractivity contribution in [3.63, 3.8) is 0 Å². The molecule has 0 N–H and O–H groups in total. The highest BCUT2D eigenvalue weighted by Gasteiger charge is 2.48. The Hall–Kier alpha value is -3.03. The van der Waals surface area contributed by atoms with Crippen molar-refractivity contribution in [2.24, 2.45) is 5.41 Å². The molecule has 0 saturated carbocycles. The maximum Gasteiger partial charge on any atom is 0.394 e. The molecule has 0 aliphatic carbocycles. The highest BCUT2D eigenvalue weighted by molar-refractivity contribution is 5.98. The molecule has 3 rings (SSSR count). The van der Waals surface area contributed by atoms with E-state index in [9.17, 15) is 18.0 Å².